The molecule has 0 aliphatic rings. The first-order valence-corrected chi connectivity index (χ1v) is 3.87. The van der Waals surface area contributed by atoms with Crippen molar-refractivity contribution in [3.05, 3.63) is 11.1 Å². The van der Waals surface area contributed by atoms with Gasteiger partial charge in [0.15, 0.2) is 5.13 Å². The predicted octanol–water partition coefficient (Wildman–Crippen LogP) is 0.913. The number of carbonyl (C=O) groups is 1. The Bertz CT molecular complexity index is 271. The molecule has 0 fully saturated rings. The quantitative estimate of drug-likeness (QED) is 0.695. The Labute approximate surface area is 67.7 Å². The van der Waals surface area contributed by atoms with E-state index in [9.17, 15) is 4.79 Å². The van der Waals surface area contributed by atoms with Crippen LogP contribution >= 0.6 is 11.3 Å². The molecule has 0 bridgehead atoms. The van der Waals surface area contributed by atoms with Crippen molar-refractivity contribution in [1.82, 2.24) is 4.98 Å². The van der Waals surface area contributed by atoms with Gasteiger partial charge in [-0.1, -0.05) is 0 Å². The van der Waals surface area contributed by atoms with Crippen molar-refractivity contribution in [2.24, 2.45) is 0 Å². The third-order valence-corrected chi connectivity index (χ3v) is 2.35. The Kier molecular flexibility index (Phi) is 2.09. The molecule has 1 heterocycles. The number of nitrogens with two attached hydrogens (primary N) is 1. The average Bonchev–Trinajstić information content (AvgIpc) is 2.34. The molecule has 1 aromatic heterocycles. The molecule has 3 N–H and O–H groups in total. The lowest BCUT2D eigenvalue weighted by Crippen LogP contribution is -2.05. The third-order valence-electron chi connectivity index (χ3n) is 1.34. The Balaban J connectivity index is 2.84. The van der Waals surface area contributed by atoms with Crippen LogP contribution in [0.15, 0.2) is 6.20 Å². The van der Waals surface area contributed by atoms with Gasteiger partial charge in [0.25, 0.3) is 0 Å². The van der Waals surface area contributed by atoms with E-state index in [1.54, 1.807) is 6.92 Å². The van der Waals surface area contributed by atoms with Crippen LogP contribution in [0.4, 0.5) is 5.13 Å². The number of nitrogens with zero attached hydrogens (tertiary/aromatic N) is 1. The molecule has 0 radical (unpaired) electrons. The molecule has 0 spiro atoms. The number of hydrogen-bond acceptors (Lipinski definition) is 4. The van der Waals surface area contributed by atoms with Crippen LogP contribution in [0.25, 0.3) is 0 Å². The van der Waals surface area contributed by atoms with Gasteiger partial charge in [0.1, 0.15) is 0 Å². The summed E-state index contributed by atoms with van der Waals surface area (Å²) in [6.45, 7) is 1.61. The van der Waals surface area contributed by atoms with Gasteiger partial charge in [-0.2, -0.15) is 0 Å². The van der Waals surface area contributed by atoms with Crippen LogP contribution in [0.5, 0.6) is 0 Å². The summed E-state index contributed by atoms with van der Waals surface area (Å²) in [5, 5.41) is 8.99. The van der Waals surface area contributed by atoms with E-state index in [0.29, 0.717) is 10.0 Å². The number of rotatable bonds is 2. The lowest BCUT2D eigenvalue weighted by molar-refractivity contribution is -0.138. The summed E-state index contributed by atoms with van der Waals surface area (Å²) < 4.78 is 0. The number of aliphatic carboxylic acids is 1. The second kappa shape index (κ2) is 2.87. The second-order valence-electron chi connectivity index (χ2n) is 2.16. The number of aromatic nitrogens is 1. The Morgan fingerprint density at radius 1 is 1.91 bits per heavy atom. The summed E-state index contributed by atoms with van der Waals surface area (Å²) in [6.07, 6.45) is 1.50. The standard InChI is InChI=1S/C6H8N2O2S/c1-3(5(9)10)4-2-8-6(7)11-4/h2-3H,1H3,(H2,7,8)(H,9,10). The fraction of sp³-hybridized carbons (Fsp3) is 0.333. The van der Waals surface area contributed by atoms with Gasteiger partial charge in [0.2, 0.25) is 0 Å². The fourth-order valence-electron chi connectivity index (χ4n) is 0.623. The van der Waals surface area contributed by atoms with Crippen LogP contribution in [-0.2, 0) is 4.79 Å². The van der Waals surface area contributed by atoms with E-state index in [2.05, 4.69) is 4.98 Å². The highest BCUT2D eigenvalue weighted by Gasteiger charge is 2.15. The summed E-state index contributed by atoms with van der Waals surface area (Å²) in [5.74, 6) is -1.36. The minimum atomic E-state index is -0.853. The van der Waals surface area contributed by atoms with E-state index in [1.807, 2.05) is 0 Å². The smallest absolute Gasteiger partial charge is 0.311 e. The number of hydrogen-bond donors (Lipinski definition) is 2. The van der Waals surface area contributed by atoms with Gasteiger partial charge >= 0.3 is 5.97 Å². The van der Waals surface area contributed by atoms with E-state index in [0.717, 1.165) is 0 Å². The number of carboxylic acids is 1. The van der Waals surface area contributed by atoms with Gasteiger partial charge in [-0.3, -0.25) is 4.79 Å². The molecular weight excluding hydrogens is 164 g/mol. The van der Waals surface area contributed by atoms with Gasteiger partial charge < -0.3 is 10.8 Å². The Hall–Kier alpha value is -1.10. The molecule has 1 aromatic rings. The second-order valence-corrected chi connectivity index (χ2v) is 3.25. The third kappa shape index (κ3) is 1.68. The lowest BCUT2D eigenvalue weighted by Gasteiger charge is -1.98. The zero-order valence-corrected chi connectivity index (χ0v) is 6.76. The van der Waals surface area contributed by atoms with Gasteiger partial charge in [-0.25, -0.2) is 4.98 Å². The first-order valence-electron chi connectivity index (χ1n) is 3.05. The van der Waals surface area contributed by atoms with Gasteiger partial charge in [-0.15, -0.1) is 11.3 Å². The normalized spacial score (nSPS) is 12.8. The molecule has 0 saturated carbocycles. The molecular formula is C6H8N2O2S. The van der Waals surface area contributed by atoms with Crippen molar-refractivity contribution >= 4 is 22.4 Å². The van der Waals surface area contributed by atoms with Gasteiger partial charge in [0, 0.05) is 11.1 Å². The summed E-state index contributed by atoms with van der Waals surface area (Å²) in [6, 6.07) is 0. The van der Waals surface area contributed by atoms with E-state index >= 15 is 0 Å². The molecule has 0 saturated heterocycles. The summed E-state index contributed by atoms with van der Waals surface area (Å²) in [5.41, 5.74) is 5.33. The molecule has 60 valence electrons. The molecule has 4 nitrogen and oxygen atoms in total. The van der Waals surface area contributed by atoms with Crippen molar-refractivity contribution in [3.63, 3.8) is 0 Å². The van der Waals surface area contributed by atoms with E-state index in [4.69, 9.17) is 10.8 Å². The first kappa shape index (κ1) is 8.00. The SMILES string of the molecule is CC(C(=O)O)c1cnc(N)s1. The molecule has 11 heavy (non-hydrogen) atoms. The van der Waals surface area contributed by atoms with Crippen LogP contribution < -0.4 is 5.73 Å². The van der Waals surface area contributed by atoms with Gasteiger partial charge in [0.05, 0.1) is 5.92 Å². The highest BCUT2D eigenvalue weighted by molar-refractivity contribution is 7.15. The molecule has 1 atom stereocenters. The summed E-state index contributed by atoms with van der Waals surface area (Å²) in [4.78, 5) is 14.9. The molecule has 0 aliphatic carbocycles. The van der Waals surface area contributed by atoms with Crippen LogP contribution in [0.1, 0.15) is 17.7 Å². The molecule has 1 unspecified atom stereocenters. The van der Waals surface area contributed by atoms with Crippen molar-refractivity contribution in [2.75, 3.05) is 5.73 Å². The fourth-order valence-corrected chi connectivity index (χ4v) is 1.35. The Morgan fingerprint density at radius 3 is 2.91 bits per heavy atom. The van der Waals surface area contributed by atoms with Crippen molar-refractivity contribution in [2.45, 2.75) is 12.8 Å². The minimum absolute atomic E-state index is 0.410. The van der Waals surface area contributed by atoms with Crippen molar-refractivity contribution in [1.29, 1.82) is 0 Å². The van der Waals surface area contributed by atoms with Crippen LogP contribution in [0.3, 0.4) is 0 Å². The monoisotopic (exact) mass is 172 g/mol. The van der Waals surface area contributed by atoms with Crippen LogP contribution in [0, 0.1) is 0 Å². The average molecular weight is 172 g/mol. The number of nitrogen functional groups attached to an aromatic ring is 1. The zero-order chi connectivity index (χ0) is 8.43. The summed E-state index contributed by atoms with van der Waals surface area (Å²) >= 11 is 1.21. The molecule has 1 rings (SSSR count). The molecule has 0 aliphatic heterocycles. The van der Waals surface area contributed by atoms with E-state index < -0.39 is 11.9 Å². The maximum Gasteiger partial charge on any atom is 0.311 e. The number of anilines is 1. The predicted molar refractivity (Wildman–Crippen MR) is 42.6 cm³/mol. The largest absolute Gasteiger partial charge is 0.481 e. The zero-order valence-electron chi connectivity index (χ0n) is 5.94. The molecule has 5 heteroatoms. The highest BCUT2D eigenvalue weighted by atomic mass is 32.1. The van der Waals surface area contributed by atoms with Crippen molar-refractivity contribution in [3.8, 4) is 0 Å². The topological polar surface area (TPSA) is 76.2 Å². The maximum absolute atomic E-state index is 10.4. The minimum Gasteiger partial charge on any atom is -0.481 e. The van der Waals surface area contributed by atoms with Crippen LogP contribution in [-0.4, -0.2) is 16.1 Å². The maximum atomic E-state index is 10.4. The number of thiazole rings is 1. The first-order chi connectivity index (χ1) is 5.11. The van der Waals surface area contributed by atoms with E-state index in [1.165, 1.54) is 17.5 Å². The molecule has 0 amide bonds. The van der Waals surface area contributed by atoms with Gasteiger partial charge in [-0.05, 0) is 6.92 Å². The number of carboxylic acid groups (broad SMARTS) is 1. The molecule has 0 aromatic carbocycles. The van der Waals surface area contributed by atoms with Crippen molar-refractivity contribution < 1.29 is 9.90 Å². The highest BCUT2D eigenvalue weighted by Crippen LogP contribution is 2.23. The summed E-state index contributed by atoms with van der Waals surface area (Å²) in [7, 11) is 0. The lowest BCUT2D eigenvalue weighted by atomic mass is 10.2. The van der Waals surface area contributed by atoms with Crippen LogP contribution in [0.2, 0.25) is 0 Å². The van der Waals surface area contributed by atoms with E-state index in [-0.39, 0.29) is 0 Å². The Morgan fingerprint density at radius 2 is 2.55 bits per heavy atom.